The molecule has 0 radical (unpaired) electrons. The van der Waals surface area contributed by atoms with E-state index < -0.39 is 14.5 Å². The van der Waals surface area contributed by atoms with Crippen LogP contribution >= 0.6 is 10.7 Å². The summed E-state index contributed by atoms with van der Waals surface area (Å²) in [7, 11) is 1.61. The topological polar surface area (TPSA) is 63.2 Å². The highest BCUT2D eigenvalue weighted by Gasteiger charge is 2.22. The summed E-state index contributed by atoms with van der Waals surface area (Å²) in [5, 5.41) is 3.95. The Hall–Kier alpha value is -1.59. The molecule has 6 heteroatoms. The molecule has 4 nitrogen and oxygen atoms in total. The Morgan fingerprint density at radius 1 is 1.05 bits per heavy atom. The predicted octanol–water partition coefficient (Wildman–Crippen LogP) is 3.75. The fourth-order valence-corrected chi connectivity index (χ4v) is 3.00. The monoisotopic (exact) mass is 325 g/mol. The van der Waals surface area contributed by atoms with Crippen molar-refractivity contribution in [2.45, 2.75) is 25.7 Å². The van der Waals surface area contributed by atoms with Gasteiger partial charge in [-0.2, -0.15) is 0 Å². The molecule has 2 aromatic carbocycles. The van der Waals surface area contributed by atoms with Crippen molar-refractivity contribution >= 4 is 42.1 Å². The molecule has 0 aliphatic heterocycles. The van der Waals surface area contributed by atoms with Crippen molar-refractivity contribution in [3.05, 3.63) is 36.4 Å². The number of anilines is 1. The second-order valence-electron chi connectivity index (χ2n) is 5.80. The quantitative estimate of drug-likeness (QED) is 0.855. The number of carbonyl (C=O) groups excluding carboxylic acids is 1. The Morgan fingerprint density at radius 2 is 1.62 bits per heavy atom. The third-order valence-electron chi connectivity index (χ3n) is 3.07. The zero-order valence-corrected chi connectivity index (χ0v) is 13.5. The van der Waals surface area contributed by atoms with Gasteiger partial charge in [0.2, 0.25) is 5.91 Å². The molecule has 0 saturated heterocycles. The smallest absolute Gasteiger partial charge is 0.261 e. The molecule has 0 aliphatic rings. The van der Waals surface area contributed by atoms with Gasteiger partial charge in [0, 0.05) is 32.6 Å². The van der Waals surface area contributed by atoms with Crippen LogP contribution in [0.4, 0.5) is 5.69 Å². The van der Waals surface area contributed by atoms with Crippen molar-refractivity contribution < 1.29 is 13.2 Å². The van der Waals surface area contributed by atoms with Crippen LogP contribution in [0.25, 0.3) is 10.8 Å². The van der Waals surface area contributed by atoms with E-state index in [-0.39, 0.29) is 10.8 Å². The number of fused-ring (bicyclic) bond motifs is 1. The molecule has 112 valence electrons. The molecule has 1 N–H and O–H groups in total. The lowest BCUT2D eigenvalue weighted by molar-refractivity contribution is -0.123. The Labute approximate surface area is 128 Å². The molecular weight excluding hydrogens is 310 g/mol. The van der Waals surface area contributed by atoms with Gasteiger partial charge in [-0.05, 0) is 12.1 Å². The summed E-state index contributed by atoms with van der Waals surface area (Å²) < 4.78 is 23.2. The lowest BCUT2D eigenvalue weighted by atomic mass is 9.95. The van der Waals surface area contributed by atoms with Crippen LogP contribution in [0.5, 0.6) is 0 Å². The first-order valence-electron chi connectivity index (χ1n) is 6.38. The van der Waals surface area contributed by atoms with E-state index in [2.05, 4.69) is 5.32 Å². The van der Waals surface area contributed by atoms with E-state index in [9.17, 15) is 13.2 Å². The van der Waals surface area contributed by atoms with E-state index in [1.807, 2.05) is 20.8 Å². The summed E-state index contributed by atoms with van der Waals surface area (Å²) in [5.41, 5.74) is 0.0211. The summed E-state index contributed by atoms with van der Waals surface area (Å²) in [6, 6.07) is 9.88. The van der Waals surface area contributed by atoms with Gasteiger partial charge in [-0.15, -0.1) is 0 Å². The highest BCUT2D eigenvalue weighted by Crippen LogP contribution is 2.31. The summed E-state index contributed by atoms with van der Waals surface area (Å²) in [5.74, 6) is -0.144. The lowest BCUT2D eigenvalue weighted by Gasteiger charge is -2.19. The predicted molar refractivity (Wildman–Crippen MR) is 85.1 cm³/mol. The summed E-state index contributed by atoms with van der Waals surface area (Å²) in [6.45, 7) is 5.42. The van der Waals surface area contributed by atoms with Crippen molar-refractivity contribution in [3.8, 4) is 0 Å². The Morgan fingerprint density at radius 3 is 2.19 bits per heavy atom. The fourth-order valence-electron chi connectivity index (χ4n) is 1.91. The number of amides is 1. The first-order chi connectivity index (χ1) is 9.60. The number of carbonyl (C=O) groups is 1. The number of halogens is 1. The highest BCUT2D eigenvalue weighted by atomic mass is 35.7. The largest absolute Gasteiger partial charge is 0.325 e. The molecule has 2 aromatic rings. The lowest BCUT2D eigenvalue weighted by Crippen LogP contribution is -2.27. The van der Waals surface area contributed by atoms with Gasteiger partial charge in [0.05, 0.1) is 4.90 Å². The molecular formula is C15H16ClNO3S. The minimum atomic E-state index is -3.84. The zero-order chi connectivity index (χ0) is 15.8. The average Bonchev–Trinajstić information content (AvgIpc) is 2.36. The van der Waals surface area contributed by atoms with Crippen molar-refractivity contribution in [2.75, 3.05) is 5.32 Å². The molecule has 0 aliphatic carbocycles. The minimum absolute atomic E-state index is 0.0357. The molecule has 1 amide bonds. The van der Waals surface area contributed by atoms with Gasteiger partial charge in [0.1, 0.15) is 0 Å². The van der Waals surface area contributed by atoms with Gasteiger partial charge in [-0.1, -0.05) is 45.0 Å². The first kappa shape index (κ1) is 15.8. The SMILES string of the molecule is CC(C)(C)C(=O)Nc1cccc2c(S(=O)(=O)Cl)cccc12. The Kier molecular flexibility index (Phi) is 4.00. The highest BCUT2D eigenvalue weighted by molar-refractivity contribution is 8.14. The van der Waals surface area contributed by atoms with E-state index in [1.54, 1.807) is 30.3 Å². The standard InChI is InChI=1S/C15H16ClNO3S/c1-15(2,3)14(18)17-12-8-4-7-11-10(12)6-5-9-13(11)21(16,19)20/h4-9H,1-3H3,(H,17,18). The maximum Gasteiger partial charge on any atom is 0.261 e. The zero-order valence-electron chi connectivity index (χ0n) is 12.0. The molecule has 0 aromatic heterocycles. The van der Waals surface area contributed by atoms with Crippen LogP contribution in [0.2, 0.25) is 0 Å². The van der Waals surface area contributed by atoms with Crippen LogP contribution in [0, 0.1) is 5.41 Å². The maximum atomic E-state index is 12.1. The van der Waals surface area contributed by atoms with Crippen LogP contribution in [-0.2, 0) is 13.8 Å². The molecule has 21 heavy (non-hydrogen) atoms. The number of hydrogen-bond acceptors (Lipinski definition) is 3. The molecule has 0 unspecified atom stereocenters. The van der Waals surface area contributed by atoms with Crippen molar-refractivity contribution in [1.82, 2.24) is 0 Å². The van der Waals surface area contributed by atoms with Crippen molar-refractivity contribution in [1.29, 1.82) is 0 Å². The minimum Gasteiger partial charge on any atom is -0.325 e. The average molecular weight is 326 g/mol. The number of rotatable bonds is 2. The molecule has 0 spiro atoms. The molecule has 0 bridgehead atoms. The first-order valence-corrected chi connectivity index (χ1v) is 8.69. The third kappa shape index (κ3) is 3.36. The number of nitrogens with one attached hydrogen (secondary N) is 1. The summed E-state index contributed by atoms with van der Waals surface area (Å²) in [6.07, 6.45) is 0. The van der Waals surface area contributed by atoms with Crippen LogP contribution < -0.4 is 5.32 Å². The van der Waals surface area contributed by atoms with E-state index >= 15 is 0 Å². The third-order valence-corrected chi connectivity index (χ3v) is 4.45. The van der Waals surface area contributed by atoms with Gasteiger partial charge in [0.15, 0.2) is 0 Å². The second kappa shape index (κ2) is 5.31. The fraction of sp³-hybridized carbons (Fsp3) is 0.267. The van der Waals surface area contributed by atoms with Crippen LogP contribution in [0.3, 0.4) is 0 Å². The van der Waals surface area contributed by atoms with E-state index in [0.717, 1.165) is 0 Å². The summed E-state index contributed by atoms with van der Waals surface area (Å²) in [4.78, 5) is 12.1. The summed E-state index contributed by atoms with van der Waals surface area (Å²) >= 11 is 0. The van der Waals surface area contributed by atoms with Gasteiger partial charge in [0.25, 0.3) is 9.05 Å². The van der Waals surface area contributed by atoms with Crippen LogP contribution in [0.15, 0.2) is 41.3 Å². The van der Waals surface area contributed by atoms with Crippen molar-refractivity contribution in [3.63, 3.8) is 0 Å². The number of benzene rings is 2. The van der Waals surface area contributed by atoms with Crippen LogP contribution in [-0.4, -0.2) is 14.3 Å². The van der Waals surface area contributed by atoms with E-state index in [4.69, 9.17) is 10.7 Å². The van der Waals surface area contributed by atoms with E-state index in [0.29, 0.717) is 16.5 Å². The second-order valence-corrected chi connectivity index (χ2v) is 8.33. The van der Waals surface area contributed by atoms with Crippen molar-refractivity contribution in [2.24, 2.45) is 5.41 Å². The van der Waals surface area contributed by atoms with Gasteiger partial charge < -0.3 is 5.32 Å². The normalized spacial score (nSPS) is 12.4. The molecule has 2 rings (SSSR count). The van der Waals surface area contributed by atoms with Crippen LogP contribution in [0.1, 0.15) is 20.8 Å². The van der Waals surface area contributed by atoms with E-state index in [1.165, 1.54) is 6.07 Å². The molecule has 0 heterocycles. The number of hydrogen-bond donors (Lipinski definition) is 1. The molecule has 0 saturated carbocycles. The maximum absolute atomic E-state index is 12.1. The Bertz CT molecular complexity index is 807. The Balaban J connectivity index is 2.61. The molecule has 0 atom stereocenters. The van der Waals surface area contributed by atoms with Gasteiger partial charge in [-0.25, -0.2) is 8.42 Å². The van der Waals surface area contributed by atoms with Gasteiger partial charge >= 0.3 is 0 Å². The van der Waals surface area contributed by atoms with Gasteiger partial charge in [-0.3, -0.25) is 4.79 Å². The molecule has 0 fully saturated rings.